The minimum absolute atomic E-state index is 0.530. The third kappa shape index (κ3) is 3.11. The molecule has 2 aromatic rings. The molecule has 0 bridgehead atoms. The lowest BCUT2D eigenvalue weighted by Crippen LogP contribution is -2.51. The molecule has 0 amide bonds. The Morgan fingerprint density at radius 2 is 2.00 bits per heavy atom. The lowest BCUT2D eigenvalue weighted by molar-refractivity contribution is 0.244. The molecule has 1 fully saturated rings. The predicted octanol–water partition coefficient (Wildman–Crippen LogP) is 2.46. The van der Waals surface area contributed by atoms with Crippen LogP contribution in [0.2, 0.25) is 0 Å². The molecule has 20 heavy (non-hydrogen) atoms. The number of anilines is 1. The Labute approximate surface area is 121 Å². The van der Waals surface area contributed by atoms with Gasteiger partial charge in [0, 0.05) is 37.9 Å². The summed E-state index contributed by atoms with van der Waals surface area (Å²) in [6.07, 6.45) is 0. The molecule has 1 aliphatic rings. The topological polar surface area (TPSA) is 27.3 Å². The van der Waals surface area contributed by atoms with Crippen molar-refractivity contribution in [2.75, 3.05) is 38.5 Å². The highest BCUT2D eigenvalue weighted by Gasteiger charge is 2.15. The molecule has 3 nitrogen and oxygen atoms in total. The molecule has 2 N–H and O–H groups in total. The molecule has 0 saturated carbocycles. The third-order valence-corrected chi connectivity index (χ3v) is 4.01. The first-order chi connectivity index (χ1) is 9.70. The fraction of sp³-hybridized carbons (Fsp3) is 0.412. The van der Waals surface area contributed by atoms with Crippen molar-refractivity contribution in [3.8, 4) is 0 Å². The molecule has 3 heteroatoms. The summed E-state index contributed by atoms with van der Waals surface area (Å²) in [6, 6.07) is 13.7. The second kappa shape index (κ2) is 5.81. The number of nitrogens with one attached hydrogen (secondary N) is 2. The number of likely N-dealkylation sites (N-methyl/N-ethyl adjacent to an activating group) is 1. The van der Waals surface area contributed by atoms with E-state index in [-0.39, 0.29) is 0 Å². The van der Waals surface area contributed by atoms with Gasteiger partial charge in [0.15, 0.2) is 0 Å². The Balaban J connectivity index is 1.67. The summed E-state index contributed by atoms with van der Waals surface area (Å²) >= 11 is 0. The number of hydrogen-bond acceptors (Lipinski definition) is 3. The van der Waals surface area contributed by atoms with Gasteiger partial charge in [-0.2, -0.15) is 0 Å². The number of hydrogen-bond donors (Lipinski definition) is 2. The van der Waals surface area contributed by atoms with Gasteiger partial charge in [0.1, 0.15) is 0 Å². The van der Waals surface area contributed by atoms with Gasteiger partial charge in [-0.25, -0.2) is 0 Å². The molecular weight excluding hydrogens is 246 g/mol. The van der Waals surface area contributed by atoms with Crippen LogP contribution < -0.4 is 10.6 Å². The Morgan fingerprint density at radius 1 is 1.20 bits per heavy atom. The lowest BCUT2D eigenvalue weighted by Gasteiger charge is -2.31. The van der Waals surface area contributed by atoms with Crippen molar-refractivity contribution in [2.45, 2.75) is 13.0 Å². The van der Waals surface area contributed by atoms with Crippen LogP contribution in [-0.2, 0) is 0 Å². The maximum Gasteiger partial charge on any atom is 0.0369 e. The zero-order chi connectivity index (χ0) is 13.9. The smallest absolute Gasteiger partial charge is 0.0369 e. The summed E-state index contributed by atoms with van der Waals surface area (Å²) in [5.41, 5.74) is 2.52. The number of nitrogens with zero attached hydrogens (tertiary/aromatic N) is 1. The Bertz CT molecular complexity index is 594. The molecule has 0 radical (unpaired) electrons. The Hall–Kier alpha value is -1.58. The minimum Gasteiger partial charge on any atom is -0.383 e. The normalized spacial score (nSPS) is 20.2. The van der Waals surface area contributed by atoms with Gasteiger partial charge in [-0.3, -0.25) is 0 Å². The molecule has 1 atom stereocenters. The third-order valence-electron chi connectivity index (χ3n) is 4.01. The van der Waals surface area contributed by atoms with Gasteiger partial charge in [-0.15, -0.1) is 0 Å². The summed E-state index contributed by atoms with van der Waals surface area (Å²) in [4.78, 5) is 2.38. The van der Waals surface area contributed by atoms with Crippen LogP contribution in [0.5, 0.6) is 0 Å². The van der Waals surface area contributed by atoms with Crippen molar-refractivity contribution in [1.29, 1.82) is 0 Å². The van der Waals surface area contributed by atoms with Crippen molar-refractivity contribution >= 4 is 16.5 Å². The zero-order valence-electron chi connectivity index (χ0n) is 12.3. The monoisotopic (exact) mass is 269 g/mol. The van der Waals surface area contributed by atoms with Gasteiger partial charge < -0.3 is 15.5 Å². The van der Waals surface area contributed by atoms with E-state index in [0.29, 0.717) is 6.04 Å². The summed E-state index contributed by atoms with van der Waals surface area (Å²) in [7, 11) is 2.19. The fourth-order valence-electron chi connectivity index (χ4n) is 2.84. The van der Waals surface area contributed by atoms with E-state index in [2.05, 4.69) is 65.9 Å². The highest BCUT2D eigenvalue weighted by Crippen LogP contribution is 2.20. The average Bonchev–Trinajstić information content (AvgIpc) is 2.45. The van der Waals surface area contributed by atoms with E-state index < -0.39 is 0 Å². The predicted molar refractivity (Wildman–Crippen MR) is 86.5 cm³/mol. The largest absolute Gasteiger partial charge is 0.383 e. The van der Waals surface area contributed by atoms with E-state index in [4.69, 9.17) is 0 Å². The maximum absolute atomic E-state index is 3.56. The van der Waals surface area contributed by atoms with Crippen LogP contribution >= 0.6 is 0 Å². The van der Waals surface area contributed by atoms with Crippen LogP contribution in [0.25, 0.3) is 10.8 Å². The second-order valence-electron chi connectivity index (χ2n) is 5.86. The van der Waals surface area contributed by atoms with Gasteiger partial charge >= 0.3 is 0 Å². The highest BCUT2D eigenvalue weighted by molar-refractivity contribution is 5.86. The number of piperazine rings is 1. The number of rotatable bonds is 3. The molecule has 0 aromatic heterocycles. The van der Waals surface area contributed by atoms with Crippen LogP contribution in [-0.4, -0.2) is 44.2 Å². The minimum atomic E-state index is 0.530. The summed E-state index contributed by atoms with van der Waals surface area (Å²) < 4.78 is 0. The van der Waals surface area contributed by atoms with E-state index in [1.54, 1.807) is 0 Å². The van der Waals surface area contributed by atoms with Crippen LogP contribution in [0.15, 0.2) is 36.4 Å². The van der Waals surface area contributed by atoms with Crippen LogP contribution in [0.1, 0.15) is 5.56 Å². The van der Waals surface area contributed by atoms with Crippen molar-refractivity contribution < 1.29 is 0 Å². The number of benzene rings is 2. The van der Waals surface area contributed by atoms with E-state index in [1.807, 2.05) is 0 Å². The second-order valence-corrected chi connectivity index (χ2v) is 5.86. The summed E-state index contributed by atoms with van der Waals surface area (Å²) in [6.45, 7) is 6.45. The van der Waals surface area contributed by atoms with E-state index >= 15 is 0 Å². The number of fused-ring (bicyclic) bond motifs is 1. The van der Waals surface area contributed by atoms with E-state index in [1.165, 1.54) is 22.0 Å². The van der Waals surface area contributed by atoms with Crippen molar-refractivity contribution in [3.63, 3.8) is 0 Å². The van der Waals surface area contributed by atoms with Crippen molar-refractivity contribution in [1.82, 2.24) is 10.2 Å². The first-order valence-corrected chi connectivity index (χ1v) is 7.37. The molecule has 1 saturated heterocycles. The standard InChI is InChI=1S/C17H23N3/c1-13-3-4-15-10-16(6-5-14(15)9-13)19-11-17-12-20(2)8-7-18-17/h3-6,9-10,17-19H,7-8,11-12H2,1-2H3. The van der Waals surface area contributed by atoms with E-state index in [9.17, 15) is 0 Å². The molecule has 1 unspecified atom stereocenters. The Kier molecular flexibility index (Phi) is 3.90. The van der Waals surface area contributed by atoms with Gasteiger partial charge in [0.05, 0.1) is 0 Å². The molecule has 1 aliphatic heterocycles. The van der Waals surface area contributed by atoms with Crippen molar-refractivity contribution in [2.24, 2.45) is 0 Å². The highest BCUT2D eigenvalue weighted by atomic mass is 15.2. The van der Waals surface area contributed by atoms with E-state index in [0.717, 1.165) is 26.2 Å². The number of aryl methyl sites for hydroxylation is 1. The first kappa shape index (κ1) is 13.4. The SMILES string of the molecule is Cc1ccc2cc(NCC3CN(C)CCN3)ccc2c1. The summed E-state index contributed by atoms with van der Waals surface area (Å²) in [5.74, 6) is 0. The molecular formula is C17H23N3. The fourth-order valence-corrected chi connectivity index (χ4v) is 2.84. The molecule has 3 rings (SSSR count). The first-order valence-electron chi connectivity index (χ1n) is 7.37. The van der Waals surface area contributed by atoms with Crippen molar-refractivity contribution in [3.05, 3.63) is 42.0 Å². The maximum atomic E-state index is 3.56. The summed E-state index contributed by atoms with van der Waals surface area (Å²) in [5, 5.41) is 9.72. The zero-order valence-corrected chi connectivity index (χ0v) is 12.3. The lowest BCUT2D eigenvalue weighted by atomic mass is 10.1. The Morgan fingerprint density at radius 3 is 2.85 bits per heavy atom. The van der Waals surface area contributed by atoms with Crippen LogP contribution in [0, 0.1) is 6.92 Å². The molecule has 0 spiro atoms. The van der Waals surface area contributed by atoms with Gasteiger partial charge in [0.25, 0.3) is 0 Å². The van der Waals surface area contributed by atoms with Gasteiger partial charge in [-0.1, -0.05) is 29.8 Å². The molecule has 106 valence electrons. The molecule has 0 aliphatic carbocycles. The van der Waals surface area contributed by atoms with Crippen LogP contribution in [0.4, 0.5) is 5.69 Å². The average molecular weight is 269 g/mol. The molecule has 2 aromatic carbocycles. The molecule has 1 heterocycles. The van der Waals surface area contributed by atoms with Crippen LogP contribution in [0.3, 0.4) is 0 Å². The van der Waals surface area contributed by atoms with Gasteiger partial charge in [0.2, 0.25) is 0 Å². The van der Waals surface area contributed by atoms with Gasteiger partial charge in [-0.05, 0) is 36.9 Å². The quantitative estimate of drug-likeness (QED) is 0.896.